The third-order valence-corrected chi connectivity index (χ3v) is 5.07. The summed E-state index contributed by atoms with van der Waals surface area (Å²) in [5.41, 5.74) is 0. The highest BCUT2D eigenvalue weighted by molar-refractivity contribution is 5.80. The van der Waals surface area contributed by atoms with Crippen LogP contribution in [0.4, 0.5) is 0 Å². The highest BCUT2D eigenvalue weighted by Crippen LogP contribution is 2.18. The first-order valence-corrected chi connectivity index (χ1v) is 9.55. The molecule has 1 aliphatic heterocycles. The fraction of sp³-hybridized carbons (Fsp3) is 0.833. The maximum Gasteiger partial charge on any atom is 0.191 e. The molecule has 2 rings (SSSR count). The van der Waals surface area contributed by atoms with Gasteiger partial charge in [-0.3, -0.25) is 4.90 Å². The molecular formula is C18H35N7O. The van der Waals surface area contributed by atoms with Crippen molar-refractivity contribution in [2.45, 2.75) is 52.7 Å². The summed E-state index contributed by atoms with van der Waals surface area (Å²) in [6.45, 7) is 13.0. The molecule has 1 saturated heterocycles. The van der Waals surface area contributed by atoms with Crippen LogP contribution in [-0.2, 0) is 18.3 Å². The van der Waals surface area contributed by atoms with Gasteiger partial charge in [-0.25, -0.2) is 4.99 Å². The number of likely N-dealkylation sites (tertiary alicyclic amines) is 1. The van der Waals surface area contributed by atoms with Crippen molar-refractivity contribution >= 4 is 5.96 Å². The van der Waals surface area contributed by atoms with Gasteiger partial charge in [0, 0.05) is 52.5 Å². The Morgan fingerprint density at radius 1 is 1.35 bits per heavy atom. The summed E-state index contributed by atoms with van der Waals surface area (Å²) in [5.74, 6) is 3.18. The zero-order chi connectivity index (χ0) is 19.1. The first-order valence-electron chi connectivity index (χ1n) is 9.55. The first kappa shape index (κ1) is 20.6. The largest absolute Gasteiger partial charge is 0.385 e. The molecule has 1 aromatic heterocycles. The smallest absolute Gasteiger partial charge is 0.191 e. The van der Waals surface area contributed by atoms with Crippen molar-refractivity contribution < 1.29 is 4.74 Å². The Hall–Kier alpha value is -1.67. The summed E-state index contributed by atoms with van der Waals surface area (Å²) in [7, 11) is 3.70. The van der Waals surface area contributed by atoms with Crippen LogP contribution in [0.15, 0.2) is 4.99 Å². The van der Waals surface area contributed by atoms with Crippen LogP contribution in [0, 0.1) is 12.8 Å². The van der Waals surface area contributed by atoms with E-state index in [1.807, 2.05) is 18.5 Å². The van der Waals surface area contributed by atoms with Crippen LogP contribution in [0.3, 0.4) is 0 Å². The van der Waals surface area contributed by atoms with Crippen molar-refractivity contribution in [1.82, 2.24) is 30.3 Å². The number of aromatic nitrogens is 3. The number of rotatable bonds is 8. The predicted octanol–water partition coefficient (Wildman–Crippen LogP) is 0.924. The molecule has 2 heterocycles. The third kappa shape index (κ3) is 5.67. The zero-order valence-corrected chi connectivity index (χ0v) is 17.1. The number of hydrogen-bond donors (Lipinski definition) is 2. The number of aliphatic imine (C=N–C) groups is 1. The molecule has 2 unspecified atom stereocenters. The van der Waals surface area contributed by atoms with Crippen LogP contribution < -0.4 is 10.6 Å². The van der Waals surface area contributed by atoms with Crippen LogP contribution in [0.1, 0.15) is 38.8 Å². The molecule has 0 radical (unpaired) electrons. The Labute approximate surface area is 157 Å². The fourth-order valence-electron chi connectivity index (χ4n) is 3.10. The number of guanidine groups is 1. The van der Waals surface area contributed by atoms with E-state index in [1.54, 1.807) is 7.11 Å². The van der Waals surface area contributed by atoms with Gasteiger partial charge in [-0.1, -0.05) is 6.92 Å². The van der Waals surface area contributed by atoms with Gasteiger partial charge in [-0.15, -0.1) is 10.2 Å². The molecular weight excluding hydrogens is 330 g/mol. The fourth-order valence-corrected chi connectivity index (χ4v) is 3.10. The maximum atomic E-state index is 5.13. The van der Waals surface area contributed by atoms with Gasteiger partial charge in [0.25, 0.3) is 0 Å². The third-order valence-electron chi connectivity index (χ3n) is 5.07. The molecule has 26 heavy (non-hydrogen) atoms. The van der Waals surface area contributed by atoms with E-state index in [0.29, 0.717) is 24.5 Å². The molecule has 0 spiro atoms. The average Bonchev–Trinajstić information content (AvgIpc) is 3.13. The van der Waals surface area contributed by atoms with E-state index in [1.165, 1.54) is 0 Å². The van der Waals surface area contributed by atoms with Gasteiger partial charge >= 0.3 is 0 Å². The van der Waals surface area contributed by atoms with Crippen molar-refractivity contribution in [1.29, 1.82) is 0 Å². The van der Waals surface area contributed by atoms with E-state index < -0.39 is 0 Å². The van der Waals surface area contributed by atoms with Crippen molar-refractivity contribution in [2.75, 3.05) is 33.4 Å². The summed E-state index contributed by atoms with van der Waals surface area (Å²) in [6, 6.07) is 0.966. The first-order chi connectivity index (χ1) is 12.4. The summed E-state index contributed by atoms with van der Waals surface area (Å²) in [5, 5.41) is 15.4. The standard InChI is InChI=1S/C18H35N7O/c1-13(2)25-11-14(3)16(12-25)21-18(19-8-7-9-26-6)20-10-17-23-22-15(4)24(17)5/h13-14,16H,7-12H2,1-6H3,(H2,19,20,21). The molecule has 8 nitrogen and oxygen atoms in total. The van der Waals surface area contributed by atoms with Crippen molar-refractivity contribution in [2.24, 2.45) is 18.0 Å². The number of ether oxygens (including phenoxy) is 1. The molecule has 0 bridgehead atoms. The molecule has 2 atom stereocenters. The Morgan fingerprint density at radius 3 is 2.69 bits per heavy atom. The minimum atomic E-state index is 0.396. The van der Waals surface area contributed by atoms with Gasteiger partial charge < -0.3 is 19.9 Å². The summed E-state index contributed by atoms with van der Waals surface area (Å²) in [4.78, 5) is 7.26. The van der Waals surface area contributed by atoms with Crippen LogP contribution in [0.2, 0.25) is 0 Å². The van der Waals surface area contributed by atoms with E-state index in [2.05, 4.69) is 46.5 Å². The van der Waals surface area contributed by atoms with Gasteiger partial charge in [-0.2, -0.15) is 0 Å². The minimum absolute atomic E-state index is 0.396. The second-order valence-electron chi connectivity index (χ2n) is 7.44. The van der Waals surface area contributed by atoms with Gasteiger partial charge in [0.05, 0.1) is 0 Å². The SMILES string of the molecule is COCCCNC(=NCc1nnc(C)n1C)NC1CN(C(C)C)CC1C. The zero-order valence-electron chi connectivity index (χ0n) is 17.1. The Balaban J connectivity index is 2.00. The number of nitrogens with zero attached hydrogens (tertiary/aromatic N) is 5. The number of hydrogen-bond acceptors (Lipinski definition) is 5. The second kappa shape index (κ2) is 9.87. The maximum absolute atomic E-state index is 5.13. The number of methoxy groups -OCH3 is 1. The molecule has 0 amide bonds. The molecule has 2 N–H and O–H groups in total. The molecule has 0 saturated carbocycles. The summed E-state index contributed by atoms with van der Waals surface area (Å²) < 4.78 is 7.11. The second-order valence-corrected chi connectivity index (χ2v) is 7.44. The lowest BCUT2D eigenvalue weighted by Crippen LogP contribution is -2.47. The van der Waals surface area contributed by atoms with Crippen LogP contribution >= 0.6 is 0 Å². The lowest BCUT2D eigenvalue weighted by atomic mass is 10.1. The number of nitrogens with one attached hydrogen (secondary N) is 2. The van der Waals surface area contributed by atoms with Crippen LogP contribution in [0.25, 0.3) is 0 Å². The molecule has 1 aromatic rings. The monoisotopic (exact) mass is 365 g/mol. The molecule has 8 heteroatoms. The molecule has 1 aliphatic rings. The molecule has 148 valence electrons. The molecule has 1 fully saturated rings. The number of aryl methyl sites for hydroxylation is 1. The van der Waals surface area contributed by atoms with Gasteiger partial charge in [0.15, 0.2) is 11.8 Å². The van der Waals surface area contributed by atoms with Gasteiger partial charge in [-0.05, 0) is 33.1 Å². The van der Waals surface area contributed by atoms with Crippen molar-refractivity contribution in [3.05, 3.63) is 11.6 Å². The molecule has 0 aromatic carbocycles. The highest BCUT2D eigenvalue weighted by Gasteiger charge is 2.31. The van der Waals surface area contributed by atoms with E-state index in [-0.39, 0.29) is 0 Å². The minimum Gasteiger partial charge on any atom is -0.385 e. The van der Waals surface area contributed by atoms with E-state index >= 15 is 0 Å². The Morgan fingerprint density at radius 2 is 2.12 bits per heavy atom. The normalized spacial score (nSPS) is 21.6. The van der Waals surface area contributed by atoms with Crippen molar-refractivity contribution in [3.8, 4) is 0 Å². The lowest BCUT2D eigenvalue weighted by Gasteiger charge is -2.22. The predicted molar refractivity (Wildman–Crippen MR) is 104 cm³/mol. The lowest BCUT2D eigenvalue weighted by molar-refractivity contribution is 0.195. The van der Waals surface area contributed by atoms with Gasteiger partial charge in [0.2, 0.25) is 0 Å². The van der Waals surface area contributed by atoms with Crippen LogP contribution in [-0.4, -0.2) is 71.1 Å². The average molecular weight is 366 g/mol. The quantitative estimate of drug-likeness (QED) is 0.405. The molecule has 0 aliphatic carbocycles. The van der Waals surface area contributed by atoms with Crippen LogP contribution in [0.5, 0.6) is 0 Å². The summed E-state index contributed by atoms with van der Waals surface area (Å²) in [6.07, 6.45) is 0.943. The van der Waals surface area contributed by atoms with Crippen molar-refractivity contribution in [3.63, 3.8) is 0 Å². The topological polar surface area (TPSA) is 79.6 Å². The summed E-state index contributed by atoms with van der Waals surface area (Å²) >= 11 is 0. The Kier molecular flexibility index (Phi) is 7.84. The van der Waals surface area contributed by atoms with Gasteiger partial charge in [0.1, 0.15) is 12.4 Å². The highest BCUT2D eigenvalue weighted by atomic mass is 16.5. The van der Waals surface area contributed by atoms with E-state index in [4.69, 9.17) is 9.73 Å². The Bertz CT molecular complexity index is 584. The van der Waals surface area contributed by atoms with E-state index in [9.17, 15) is 0 Å². The van der Waals surface area contributed by atoms with E-state index in [0.717, 1.165) is 50.3 Å².